The van der Waals surface area contributed by atoms with Crippen LogP contribution in [0.25, 0.3) is 0 Å². The SMILES string of the molecule is CC[C@H](C)NC(=O)[C@H](Cc1ccccc1)N(Cc1cccc(Cl)c1)C(=O)Cc1ccc(C)cc1. The monoisotopic (exact) mass is 476 g/mol. The molecule has 3 aromatic rings. The van der Waals surface area contributed by atoms with E-state index in [1.165, 1.54) is 0 Å². The number of nitrogens with zero attached hydrogens (tertiary/aromatic N) is 1. The number of aryl methyl sites for hydroxylation is 1. The minimum absolute atomic E-state index is 0.0194. The minimum atomic E-state index is -0.645. The van der Waals surface area contributed by atoms with Crippen molar-refractivity contribution < 1.29 is 9.59 Å². The molecular formula is C29H33ClN2O2. The molecule has 1 N–H and O–H groups in total. The van der Waals surface area contributed by atoms with E-state index in [0.29, 0.717) is 18.0 Å². The molecule has 5 heteroatoms. The lowest BCUT2D eigenvalue weighted by Gasteiger charge is -2.32. The molecule has 178 valence electrons. The van der Waals surface area contributed by atoms with Crippen molar-refractivity contribution in [1.29, 1.82) is 0 Å². The first-order valence-corrected chi connectivity index (χ1v) is 12.2. The average Bonchev–Trinajstić information content (AvgIpc) is 2.83. The molecule has 0 unspecified atom stereocenters. The van der Waals surface area contributed by atoms with Crippen LogP contribution in [-0.4, -0.2) is 28.8 Å². The second kappa shape index (κ2) is 12.4. The van der Waals surface area contributed by atoms with Gasteiger partial charge in [-0.05, 0) is 49.1 Å². The highest BCUT2D eigenvalue weighted by atomic mass is 35.5. The van der Waals surface area contributed by atoms with E-state index in [1.807, 2.05) is 93.6 Å². The van der Waals surface area contributed by atoms with E-state index in [-0.39, 0.29) is 24.3 Å². The Labute approximate surface area is 207 Å². The summed E-state index contributed by atoms with van der Waals surface area (Å²) in [6.45, 7) is 6.33. The molecule has 2 amide bonds. The van der Waals surface area contributed by atoms with Gasteiger partial charge >= 0.3 is 0 Å². The lowest BCUT2D eigenvalue weighted by atomic mass is 10.0. The highest BCUT2D eigenvalue weighted by Crippen LogP contribution is 2.19. The van der Waals surface area contributed by atoms with Gasteiger partial charge in [0.15, 0.2) is 0 Å². The van der Waals surface area contributed by atoms with E-state index < -0.39 is 6.04 Å². The number of halogens is 1. The predicted octanol–water partition coefficient (Wildman–Crippen LogP) is 5.75. The first kappa shape index (κ1) is 25.5. The maximum atomic E-state index is 13.7. The Hall–Kier alpha value is -3.11. The number of hydrogen-bond acceptors (Lipinski definition) is 2. The summed E-state index contributed by atoms with van der Waals surface area (Å²) in [6.07, 6.45) is 1.47. The summed E-state index contributed by atoms with van der Waals surface area (Å²) in [5, 5.41) is 3.70. The normalized spacial score (nSPS) is 12.6. The van der Waals surface area contributed by atoms with Crippen LogP contribution in [-0.2, 0) is 29.0 Å². The molecule has 0 bridgehead atoms. The van der Waals surface area contributed by atoms with E-state index >= 15 is 0 Å². The number of carbonyl (C=O) groups is 2. The Morgan fingerprint density at radius 2 is 1.59 bits per heavy atom. The number of benzene rings is 3. The first-order chi connectivity index (χ1) is 16.4. The van der Waals surface area contributed by atoms with Crippen LogP contribution in [0.4, 0.5) is 0 Å². The summed E-state index contributed by atoms with van der Waals surface area (Å²) < 4.78 is 0. The van der Waals surface area contributed by atoms with Gasteiger partial charge in [-0.15, -0.1) is 0 Å². The molecule has 34 heavy (non-hydrogen) atoms. The molecule has 3 rings (SSSR count). The van der Waals surface area contributed by atoms with Gasteiger partial charge < -0.3 is 10.2 Å². The van der Waals surface area contributed by atoms with Gasteiger partial charge in [0, 0.05) is 24.0 Å². The molecule has 3 aromatic carbocycles. The van der Waals surface area contributed by atoms with Crippen molar-refractivity contribution in [2.45, 2.75) is 58.7 Å². The molecule has 0 aliphatic rings. The standard InChI is InChI=1S/C29H33ClN2O2/c1-4-22(3)31-29(34)27(18-23-9-6-5-7-10-23)32(20-25-11-8-12-26(30)17-25)28(33)19-24-15-13-21(2)14-16-24/h5-17,22,27H,4,18-20H2,1-3H3,(H,31,34)/t22-,27-/m0/s1. The third-order valence-corrected chi connectivity index (χ3v) is 6.23. The predicted molar refractivity (Wildman–Crippen MR) is 139 cm³/mol. The second-order valence-corrected chi connectivity index (χ2v) is 9.27. The van der Waals surface area contributed by atoms with Crippen molar-refractivity contribution in [3.8, 4) is 0 Å². The van der Waals surface area contributed by atoms with Crippen molar-refractivity contribution in [3.63, 3.8) is 0 Å². The van der Waals surface area contributed by atoms with Gasteiger partial charge in [0.25, 0.3) is 0 Å². The lowest BCUT2D eigenvalue weighted by molar-refractivity contribution is -0.141. The molecule has 0 saturated carbocycles. The van der Waals surface area contributed by atoms with E-state index in [0.717, 1.165) is 28.7 Å². The Balaban J connectivity index is 1.96. The van der Waals surface area contributed by atoms with Gasteiger partial charge in [0.05, 0.1) is 6.42 Å². The molecule has 0 spiro atoms. The summed E-state index contributed by atoms with van der Waals surface area (Å²) in [5.74, 6) is -0.235. The second-order valence-electron chi connectivity index (χ2n) is 8.84. The summed E-state index contributed by atoms with van der Waals surface area (Å²) >= 11 is 6.23. The van der Waals surface area contributed by atoms with E-state index in [2.05, 4.69) is 5.32 Å². The van der Waals surface area contributed by atoms with Gasteiger partial charge in [-0.1, -0.05) is 90.8 Å². The lowest BCUT2D eigenvalue weighted by Crippen LogP contribution is -2.52. The summed E-state index contributed by atoms with van der Waals surface area (Å²) in [6, 6.07) is 24.6. The number of carbonyl (C=O) groups excluding carboxylic acids is 2. The van der Waals surface area contributed by atoms with Crippen molar-refractivity contribution >= 4 is 23.4 Å². The number of rotatable bonds is 10. The van der Waals surface area contributed by atoms with Gasteiger partial charge in [-0.2, -0.15) is 0 Å². The Morgan fingerprint density at radius 3 is 2.24 bits per heavy atom. The van der Waals surface area contributed by atoms with Crippen LogP contribution < -0.4 is 5.32 Å². The van der Waals surface area contributed by atoms with Gasteiger partial charge in [0.2, 0.25) is 11.8 Å². The van der Waals surface area contributed by atoms with E-state index in [4.69, 9.17) is 11.6 Å². The Morgan fingerprint density at radius 1 is 0.912 bits per heavy atom. The van der Waals surface area contributed by atoms with Crippen LogP contribution >= 0.6 is 11.6 Å². The largest absolute Gasteiger partial charge is 0.352 e. The third-order valence-electron chi connectivity index (χ3n) is 5.99. The highest BCUT2D eigenvalue weighted by Gasteiger charge is 2.31. The van der Waals surface area contributed by atoms with Crippen LogP contribution in [0, 0.1) is 6.92 Å². The molecule has 2 atom stereocenters. The molecular weight excluding hydrogens is 444 g/mol. The topological polar surface area (TPSA) is 49.4 Å². The fourth-order valence-electron chi connectivity index (χ4n) is 3.81. The van der Waals surface area contributed by atoms with Crippen molar-refractivity contribution in [1.82, 2.24) is 10.2 Å². The van der Waals surface area contributed by atoms with Crippen LogP contribution in [0.15, 0.2) is 78.9 Å². The molecule has 4 nitrogen and oxygen atoms in total. The molecule has 0 saturated heterocycles. The molecule has 0 fully saturated rings. The first-order valence-electron chi connectivity index (χ1n) is 11.8. The van der Waals surface area contributed by atoms with Crippen LogP contribution in [0.2, 0.25) is 5.02 Å². The van der Waals surface area contributed by atoms with Crippen molar-refractivity contribution in [2.24, 2.45) is 0 Å². The van der Waals surface area contributed by atoms with Gasteiger partial charge in [-0.3, -0.25) is 9.59 Å². The Kier molecular flexibility index (Phi) is 9.29. The maximum Gasteiger partial charge on any atom is 0.243 e. The summed E-state index contributed by atoms with van der Waals surface area (Å²) in [5.41, 5.74) is 3.96. The van der Waals surface area contributed by atoms with E-state index in [9.17, 15) is 9.59 Å². The van der Waals surface area contributed by atoms with Crippen LogP contribution in [0.3, 0.4) is 0 Å². The molecule has 0 aliphatic carbocycles. The van der Waals surface area contributed by atoms with Crippen LogP contribution in [0.5, 0.6) is 0 Å². The zero-order valence-electron chi connectivity index (χ0n) is 20.1. The maximum absolute atomic E-state index is 13.7. The molecule has 0 radical (unpaired) electrons. The fourth-order valence-corrected chi connectivity index (χ4v) is 4.02. The highest BCUT2D eigenvalue weighted by molar-refractivity contribution is 6.30. The zero-order chi connectivity index (χ0) is 24.5. The fraction of sp³-hybridized carbons (Fsp3) is 0.310. The van der Waals surface area contributed by atoms with Gasteiger partial charge in [-0.25, -0.2) is 0 Å². The number of hydrogen-bond donors (Lipinski definition) is 1. The molecule has 0 aromatic heterocycles. The zero-order valence-corrected chi connectivity index (χ0v) is 20.9. The summed E-state index contributed by atoms with van der Waals surface area (Å²) in [4.78, 5) is 28.9. The van der Waals surface area contributed by atoms with Crippen molar-refractivity contribution in [2.75, 3.05) is 0 Å². The van der Waals surface area contributed by atoms with E-state index in [1.54, 1.807) is 11.0 Å². The molecule has 0 aliphatic heterocycles. The Bertz CT molecular complexity index is 1080. The molecule has 0 heterocycles. The van der Waals surface area contributed by atoms with Crippen molar-refractivity contribution in [3.05, 3.63) is 106 Å². The van der Waals surface area contributed by atoms with Crippen LogP contribution in [0.1, 0.15) is 42.5 Å². The average molecular weight is 477 g/mol. The third kappa shape index (κ3) is 7.46. The number of amides is 2. The quantitative estimate of drug-likeness (QED) is 0.405. The minimum Gasteiger partial charge on any atom is -0.352 e. The summed E-state index contributed by atoms with van der Waals surface area (Å²) in [7, 11) is 0. The smallest absolute Gasteiger partial charge is 0.243 e. The number of nitrogens with one attached hydrogen (secondary N) is 1. The van der Waals surface area contributed by atoms with Gasteiger partial charge in [0.1, 0.15) is 6.04 Å².